The number of nitriles is 2. The molecule has 0 amide bonds. The SMILES string of the molecule is N#Cc1cccc(C#N)c1N1CCC(NS(=O)(=O)c2ccc(F)cc2)CC1. The molecule has 27 heavy (non-hydrogen) atoms. The first-order valence-electron chi connectivity index (χ1n) is 8.40. The topological polar surface area (TPSA) is 97.0 Å². The highest BCUT2D eigenvalue weighted by Crippen LogP contribution is 2.28. The highest BCUT2D eigenvalue weighted by atomic mass is 32.2. The van der Waals surface area contributed by atoms with Crippen LogP contribution in [0.25, 0.3) is 0 Å². The lowest BCUT2D eigenvalue weighted by Gasteiger charge is -2.34. The van der Waals surface area contributed by atoms with E-state index >= 15 is 0 Å². The summed E-state index contributed by atoms with van der Waals surface area (Å²) in [5.74, 6) is -0.494. The molecule has 1 aliphatic rings. The number of benzene rings is 2. The summed E-state index contributed by atoms with van der Waals surface area (Å²) >= 11 is 0. The van der Waals surface area contributed by atoms with Gasteiger partial charge in [-0.15, -0.1) is 0 Å². The molecule has 6 nitrogen and oxygen atoms in total. The Hall–Kier alpha value is -2.94. The average molecular weight is 384 g/mol. The molecule has 0 radical (unpaired) electrons. The normalized spacial score (nSPS) is 15.1. The Labute approximate surface area is 157 Å². The van der Waals surface area contributed by atoms with Gasteiger partial charge in [0.05, 0.1) is 21.7 Å². The molecule has 0 spiro atoms. The maximum Gasteiger partial charge on any atom is 0.240 e. The molecule has 2 aromatic rings. The molecule has 2 aromatic carbocycles. The van der Waals surface area contributed by atoms with Crippen molar-refractivity contribution in [1.29, 1.82) is 10.5 Å². The fraction of sp³-hybridized carbons (Fsp3) is 0.263. The Morgan fingerprint density at radius 3 is 2.07 bits per heavy atom. The van der Waals surface area contributed by atoms with Crippen LogP contribution in [0, 0.1) is 28.5 Å². The maximum atomic E-state index is 13.0. The second-order valence-electron chi connectivity index (χ2n) is 6.26. The zero-order valence-electron chi connectivity index (χ0n) is 14.4. The molecule has 0 unspecified atom stereocenters. The van der Waals surface area contributed by atoms with Crippen LogP contribution in [-0.4, -0.2) is 27.5 Å². The Morgan fingerprint density at radius 2 is 1.56 bits per heavy atom. The highest BCUT2D eigenvalue weighted by molar-refractivity contribution is 7.89. The minimum absolute atomic E-state index is 0.0212. The predicted octanol–water partition coefficient (Wildman–Crippen LogP) is 2.52. The van der Waals surface area contributed by atoms with Gasteiger partial charge in [0, 0.05) is 19.1 Å². The summed E-state index contributed by atoms with van der Waals surface area (Å²) in [5.41, 5.74) is 1.46. The van der Waals surface area contributed by atoms with E-state index in [4.69, 9.17) is 0 Å². The van der Waals surface area contributed by atoms with Crippen LogP contribution < -0.4 is 9.62 Å². The summed E-state index contributed by atoms with van der Waals surface area (Å²) in [6, 6.07) is 13.6. The summed E-state index contributed by atoms with van der Waals surface area (Å²) in [6.45, 7) is 1.04. The van der Waals surface area contributed by atoms with Crippen LogP contribution in [0.1, 0.15) is 24.0 Å². The van der Waals surface area contributed by atoms with Crippen molar-refractivity contribution < 1.29 is 12.8 Å². The monoisotopic (exact) mass is 384 g/mol. The molecule has 8 heteroatoms. The van der Waals surface area contributed by atoms with Crippen LogP contribution in [0.5, 0.6) is 0 Å². The second-order valence-corrected chi connectivity index (χ2v) is 7.98. The fourth-order valence-electron chi connectivity index (χ4n) is 3.19. The Morgan fingerprint density at radius 1 is 1.00 bits per heavy atom. The lowest BCUT2D eigenvalue weighted by Crippen LogP contribution is -2.45. The molecular formula is C19H17FN4O2S. The molecule has 0 aromatic heterocycles. The van der Waals surface area contributed by atoms with Gasteiger partial charge in [0.2, 0.25) is 10.0 Å². The third-order valence-corrected chi connectivity index (χ3v) is 6.07. The summed E-state index contributed by atoms with van der Waals surface area (Å²) in [7, 11) is -3.72. The number of sulfonamides is 1. The van der Waals surface area contributed by atoms with Gasteiger partial charge in [0.15, 0.2) is 0 Å². The van der Waals surface area contributed by atoms with E-state index in [1.165, 1.54) is 12.1 Å². The zero-order chi connectivity index (χ0) is 19.4. The van der Waals surface area contributed by atoms with E-state index in [9.17, 15) is 23.3 Å². The van der Waals surface area contributed by atoms with Gasteiger partial charge in [0.25, 0.3) is 0 Å². The van der Waals surface area contributed by atoms with Gasteiger partial charge in [-0.2, -0.15) is 10.5 Å². The average Bonchev–Trinajstić information content (AvgIpc) is 2.68. The number of halogens is 1. The summed E-state index contributed by atoms with van der Waals surface area (Å²) in [5, 5.41) is 18.6. The van der Waals surface area contributed by atoms with Crippen LogP contribution >= 0.6 is 0 Å². The van der Waals surface area contributed by atoms with Crippen LogP contribution in [0.15, 0.2) is 47.4 Å². The number of hydrogen-bond donors (Lipinski definition) is 1. The lowest BCUT2D eigenvalue weighted by molar-refractivity contribution is 0.460. The van der Waals surface area contributed by atoms with Gasteiger partial charge >= 0.3 is 0 Å². The molecule has 1 aliphatic heterocycles. The summed E-state index contributed by atoms with van der Waals surface area (Å²) < 4.78 is 40.5. The summed E-state index contributed by atoms with van der Waals surface area (Å²) in [4.78, 5) is 1.97. The molecule has 1 fully saturated rings. The van der Waals surface area contributed by atoms with E-state index in [0.29, 0.717) is 42.7 Å². The van der Waals surface area contributed by atoms with Crippen molar-refractivity contribution in [2.45, 2.75) is 23.8 Å². The van der Waals surface area contributed by atoms with Gasteiger partial charge < -0.3 is 4.90 Å². The van der Waals surface area contributed by atoms with Crippen LogP contribution in [0.4, 0.5) is 10.1 Å². The predicted molar refractivity (Wildman–Crippen MR) is 97.8 cm³/mol. The van der Waals surface area contributed by atoms with E-state index in [1.807, 2.05) is 4.90 Å². The minimum atomic E-state index is -3.72. The van der Waals surface area contributed by atoms with Crippen molar-refractivity contribution in [2.75, 3.05) is 18.0 Å². The number of anilines is 1. The quantitative estimate of drug-likeness (QED) is 0.874. The maximum absolute atomic E-state index is 13.0. The van der Waals surface area contributed by atoms with Crippen molar-refractivity contribution in [1.82, 2.24) is 4.72 Å². The van der Waals surface area contributed by atoms with Crippen LogP contribution in [0.3, 0.4) is 0 Å². The molecule has 1 N–H and O–H groups in total. The summed E-state index contributed by atoms with van der Waals surface area (Å²) in [6.07, 6.45) is 1.07. The molecule has 138 valence electrons. The molecule has 0 bridgehead atoms. The Bertz CT molecular complexity index is 983. The van der Waals surface area contributed by atoms with Crippen molar-refractivity contribution in [2.24, 2.45) is 0 Å². The van der Waals surface area contributed by atoms with Gasteiger partial charge in [-0.1, -0.05) is 6.07 Å². The van der Waals surface area contributed by atoms with Crippen molar-refractivity contribution in [3.05, 3.63) is 59.4 Å². The van der Waals surface area contributed by atoms with Gasteiger partial charge in [-0.3, -0.25) is 0 Å². The first kappa shape index (κ1) is 18.8. The molecule has 0 saturated carbocycles. The largest absolute Gasteiger partial charge is 0.369 e. The van der Waals surface area contributed by atoms with Crippen molar-refractivity contribution >= 4 is 15.7 Å². The fourth-order valence-corrected chi connectivity index (χ4v) is 4.49. The number of para-hydroxylation sites is 1. The molecule has 0 aliphatic carbocycles. The smallest absolute Gasteiger partial charge is 0.240 e. The minimum Gasteiger partial charge on any atom is -0.369 e. The van der Waals surface area contributed by atoms with E-state index in [2.05, 4.69) is 16.9 Å². The Balaban J connectivity index is 1.71. The van der Waals surface area contributed by atoms with Crippen molar-refractivity contribution in [3.8, 4) is 12.1 Å². The van der Waals surface area contributed by atoms with Crippen LogP contribution in [-0.2, 0) is 10.0 Å². The molecule has 1 saturated heterocycles. The highest BCUT2D eigenvalue weighted by Gasteiger charge is 2.26. The first-order valence-corrected chi connectivity index (χ1v) is 9.89. The van der Waals surface area contributed by atoms with E-state index in [0.717, 1.165) is 12.1 Å². The van der Waals surface area contributed by atoms with Gasteiger partial charge in [-0.25, -0.2) is 17.5 Å². The number of nitrogens with one attached hydrogen (secondary N) is 1. The molecule has 1 heterocycles. The standard InChI is InChI=1S/C19H17FN4O2S/c20-16-4-6-18(7-5-16)27(25,26)23-17-8-10-24(11-9-17)19-14(12-21)2-1-3-15(19)13-22/h1-7,17,23H,8-11H2. The van der Waals surface area contributed by atoms with Crippen LogP contribution in [0.2, 0.25) is 0 Å². The van der Waals surface area contributed by atoms with Gasteiger partial charge in [-0.05, 0) is 49.2 Å². The Kier molecular flexibility index (Phi) is 5.41. The zero-order valence-corrected chi connectivity index (χ0v) is 15.2. The third-order valence-electron chi connectivity index (χ3n) is 4.53. The third kappa shape index (κ3) is 4.08. The van der Waals surface area contributed by atoms with E-state index < -0.39 is 15.8 Å². The van der Waals surface area contributed by atoms with Gasteiger partial charge in [0.1, 0.15) is 18.0 Å². The number of nitrogens with zero attached hydrogens (tertiary/aromatic N) is 3. The molecule has 0 atom stereocenters. The lowest BCUT2D eigenvalue weighted by atomic mass is 10.0. The van der Waals surface area contributed by atoms with Crippen molar-refractivity contribution in [3.63, 3.8) is 0 Å². The molecule has 3 rings (SSSR count). The number of piperidine rings is 1. The van der Waals surface area contributed by atoms with E-state index in [-0.39, 0.29) is 10.9 Å². The number of rotatable bonds is 4. The first-order chi connectivity index (χ1) is 12.9. The number of hydrogen-bond acceptors (Lipinski definition) is 5. The van der Waals surface area contributed by atoms with E-state index in [1.54, 1.807) is 18.2 Å². The second kappa shape index (κ2) is 7.75. The molecular weight excluding hydrogens is 367 g/mol.